The molecule has 1 aliphatic carbocycles. The molecule has 1 heterocycles. The zero-order valence-electron chi connectivity index (χ0n) is 31.8. The summed E-state index contributed by atoms with van der Waals surface area (Å²) in [5.74, 6) is 0.463. The molecule has 45 heavy (non-hydrogen) atoms. The van der Waals surface area contributed by atoms with E-state index in [0.29, 0.717) is 28.0 Å². The summed E-state index contributed by atoms with van der Waals surface area (Å²) in [6.07, 6.45) is 0. The molecule has 0 bridgehead atoms. The summed E-state index contributed by atoms with van der Waals surface area (Å²) in [5.41, 5.74) is 7.32. The largest absolute Gasteiger partial charge is 0.291 e. The Morgan fingerprint density at radius 2 is 1.04 bits per heavy atom. The average Bonchev–Trinajstić information content (AvgIpc) is 3.74. The molecule has 0 N–H and O–H groups in total. The number of imidazole rings is 1. The third-order valence-electron chi connectivity index (χ3n) is 8.98. The molecule has 0 fully saturated rings. The lowest BCUT2D eigenvalue weighted by Gasteiger charge is -2.21. The lowest BCUT2D eigenvalue weighted by molar-refractivity contribution is 1.13. The van der Waals surface area contributed by atoms with Gasteiger partial charge in [-0.15, -0.1) is 0 Å². The predicted octanol–water partition coefficient (Wildman–Crippen LogP) is 11.5. The first-order chi connectivity index (χ1) is 25.7. The molecule has 0 spiro atoms. The fourth-order valence-corrected chi connectivity index (χ4v) is 7.16. The smallest absolute Gasteiger partial charge is 0.145 e. The van der Waals surface area contributed by atoms with Crippen LogP contribution in [0.15, 0.2) is 158 Å². The van der Waals surface area contributed by atoms with Crippen LogP contribution in [-0.2, 0) is 0 Å². The van der Waals surface area contributed by atoms with Gasteiger partial charge in [0.25, 0.3) is 0 Å². The number of aromatic nitrogens is 2. The van der Waals surface area contributed by atoms with Gasteiger partial charge >= 0.3 is 0 Å². The Morgan fingerprint density at radius 1 is 0.467 bits per heavy atom. The van der Waals surface area contributed by atoms with E-state index in [1.54, 1.807) is 4.57 Å². The molecular weight excluding hydrogens is 544 g/mol. The number of rotatable bonds is 3. The summed E-state index contributed by atoms with van der Waals surface area (Å²) >= 11 is 0. The quantitative estimate of drug-likeness (QED) is 0.191. The predicted molar refractivity (Wildman–Crippen MR) is 189 cm³/mol. The molecule has 9 aromatic rings. The minimum Gasteiger partial charge on any atom is -0.291 e. The van der Waals surface area contributed by atoms with Crippen LogP contribution < -0.4 is 0 Å². The minimum absolute atomic E-state index is 0.135. The monoisotopic (exact) mass is 578 g/mol. The normalized spacial score (nSPS) is 14.5. The van der Waals surface area contributed by atoms with E-state index in [4.69, 9.17) is 10.5 Å². The summed E-state index contributed by atoms with van der Waals surface area (Å²) in [7, 11) is 0. The van der Waals surface area contributed by atoms with Gasteiger partial charge in [-0.2, -0.15) is 0 Å². The maximum atomic E-state index is 9.52. The van der Waals surface area contributed by atoms with Gasteiger partial charge in [-0.05, 0) is 67.1 Å². The van der Waals surface area contributed by atoms with Crippen molar-refractivity contribution in [3.05, 3.63) is 158 Å². The van der Waals surface area contributed by atoms with Crippen LogP contribution in [0.4, 0.5) is 0 Å². The Labute approximate surface area is 271 Å². The SMILES string of the molecule is [2H]c1c([2H])c([2H])c2c(-n3c(-c4ccccc4)nc4ccccc43)c3c([2H])c([2H])c([2H])c([2H])c3c(-c3ccc4c5c(cccc35)-c3ccccc3-4)c2c1[2H]. The van der Waals surface area contributed by atoms with Crippen molar-refractivity contribution >= 4 is 43.4 Å². The fraction of sp³-hybridized carbons (Fsp3) is 0. The van der Waals surface area contributed by atoms with Crippen molar-refractivity contribution in [3.63, 3.8) is 0 Å². The lowest BCUT2D eigenvalue weighted by Crippen LogP contribution is -2.01. The van der Waals surface area contributed by atoms with Crippen molar-refractivity contribution in [3.8, 4) is 50.5 Å². The van der Waals surface area contributed by atoms with E-state index in [9.17, 15) is 5.48 Å². The molecular formula is C43H26N2. The third kappa shape index (κ3) is 3.37. The fourth-order valence-electron chi connectivity index (χ4n) is 7.16. The summed E-state index contributed by atoms with van der Waals surface area (Å²) in [5, 5.41) is 2.38. The second-order valence-corrected chi connectivity index (χ2v) is 11.3. The molecule has 0 saturated heterocycles. The minimum atomic E-state index is -0.448. The molecule has 0 radical (unpaired) electrons. The van der Waals surface area contributed by atoms with E-state index in [1.165, 1.54) is 0 Å². The molecule has 0 amide bonds. The molecule has 2 heteroatoms. The molecule has 10 rings (SSSR count). The van der Waals surface area contributed by atoms with Crippen molar-refractivity contribution in [1.29, 1.82) is 0 Å². The van der Waals surface area contributed by atoms with Gasteiger partial charge in [0.2, 0.25) is 0 Å². The van der Waals surface area contributed by atoms with Crippen LogP contribution in [0.5, 0.6) is 0 Å². The van der Waals surface area contributed by atoms with Crippen LogP contribution in [0.2, 0.25) is 0 Å². The molecule has 0 aliphatic heterocycles. The molecule has 208 valence electrons. The van der Waals surface area contributed by atoms with E-state index in [0.717, 1.165) is 38.6 Å². The van der Waals surface area contributed by atoms with Crippen molar-refractivity contribution < 1.29 is 11.0 Å². The number of hydrogen-bond donors (Lipinski definition) is 0. The van der Waals surface area contributed by atoms with Crippen LogP contribution in [0.25, 0.3) is 93.8 Å². The van der Waals surface area contributed by atoms with E-state index >= 15 is 0 Å². The highest BCUT2D eigenvalue weighted by atomic mass is 15.1. The highest BCUT2D eigenvalue weighted by molar-refractivity contribution is 6.25. The van der Waals surface area contributed by atoms with E-state index in [2.05, 4.69) is 18.2 Å². The van der Waals surface area contributed by atoms with Gasteiger partial charge in [-0.1, -0.05) is 145 Å². The Balaban J connectivity index is 1.50. The van der Waals surface area contributed by atoms with E-state index in [1.807, 2.05) is 91.0 Å². The van der Waals surface area contributed by atoms with Gasteiger partial charge in [0.05, 0.1) is 27.7 Å². The molecule has 0 saturated carbocycles. The zero-order chi connectivity index (χ0) is 36.4. The van der Waals surface area contributed by atoms with Crippen LogP contribution in [0.3, 0.4) is 0 Å². The number of fused-ring (bicyclic) bond motifs is 6. The Kier molecular flexibility index (Phi) is 3.69. The number of benzene rings is 8. The van der Waals surface area contributed by atoms with Crippen LogP contribution in [0.1, 0.15) is 11.0 Å². The maximum absolute atomic E-state index is 9.52. The van der Waals surface area contributed by atoms with Crippen molar-refractivity contribution in [2.45, 2.75) is 0 Å². The Bertz CT molecular complexity index is 2990. The van der Waals surface area contributed by atoms with Crippen molar-refractivity contribution in [1.82, 2.24) is 9.55 Å². The summed E-state index contributed by atoms with van der Waals surface area (Å²) in [6, 6.07) is 31.9. The molecule has 0 atom stereocenters. The first-order valence-electron chi connectivity index (χ1n) is 18.8. The molecule has 8 aromatic carbocycles. The van der Waals surface area contributed by atoms with Gasteiger partial charge in [0.1, 0.15) is 5.82 Å². The van der Waals surface area contributed by atoms with Crippen LogP contribution in [-0.4, -0.2) is 9.55 Å². The van der Waals surface area contributed by atoms with Gasteiger partial charge < -0.3 is 0 Å². The number of hydrogen-bond acceptors (Lipinski definition) is 1. The zero-order valence-corrected chi connectivity index (χ0v) is 23.8. The first kappa shape index (κ1) is 18.0. The second-order valence-electron chi connectivity index (χ2n) is 11.3. The summed E-state index contributed by atoms with van der Waals surface area (Å²) < 4.78 is 75.6. The van der Waals surface area contributed by atoms with E-state index in [-0.39, 0.29) is 51.4 Å². The van der Waals surface area contributed by atoms with Crippen LogP contribution in [0, 0.1) is 0 Å². The first-order valence-corrected chi connectivity index (χ1v) is 14.8. The molecule has 1 aromatic heterocycles. The second kappa shape index (κ2) is 9.25. The third-order valence-corrected chi connectivity index (χ3v) is 8.98. The Hall–Kier alpha value is -5.99. The van der Waals surface area contributed by atoms with Gasteiger partial charge in [-0.3, -0.25) is 4.57 Å². The average molecular weight is 579 g/mol. The van der Waals surface area contributed by atoms with Gasteiger partial charge in [0.15, 0.2) is 0 Å². The highest BCUT2D eigenvalue weighted by Gasteiger charge is 2.25. The molecule has 2 nitrogen and oxygen atoms in total. The van der Waals surface area contributed by atoms with Crippen molar-refractivity contribution in [2.24, 2.45) is 0 Å². The van der Waals surface area contributed by atoms with Gasteiger partial charge in [-0.25, -0.2) is 4.98 Å². The lowest BCUT2D eigenvalue weighted by atomic mass is 9.87. The standard InChI is InChI=1S/C43H26N2/c1-2-13-27(14-3-1)43-44-38-23-10-11-24-39(38)45(43)42-36-19-8-6-17-32(36)41(33-18-7-9-20-37(33)42)35-26-25-34-29-16-5-4-15-28(29)30-21-12-22-31(35)40(30)34/h1-26H/i6D,7D,8D,9D,17D,18D,19D,20D. The summed E-state index contributed by atoms with van der Waals surface area (Å²) in [6.45, 7) is 0. The van der Waals surface area contributed by atoms with Gasteiger partial charge in [0, 0.05) is 16.3 Å². The molecule has 1 aliphatic rings. The summed E-state index contributed by atoms with van der Waals surface area (Å²) in [4.78, 5) is 5.00. The highest BCUT2D eigenvalue weighted by Crippen LogP contribution is 2.51. The van der Waals surface area contributed by atoms with Crippen molar-refractivity contribution in [2.75, 3.05) is 0 Å². The number of para-hydroxylation sites is 2. The number of nitrogens with zero attached hydrogens (tertiary/aromatic N) is 2. The van der Waals surface area contributed by atoms with Crippen LogP contribution >= 0.6 is 0 Å². The molecule has 0 unspecified atom stereocenters. The van der Waals surface area contributed by atoms with E-state index < -0.39 is 24.2 Å². The maximum Gasteiger partial charge on any atom is 0.145 e. The topological polar surface area (TPSA) is 17.8 Å². The Morgan fingerprint density at radius 3 is 1.78 bits per heavy atom.